The molecule has 0 radical (unpaired) electrons. The van der Waals surface area contributed by atoms with Gasteiger partial charge in [-0.2, -0.15) is 0 Å². The van der Waals surface area contributed by atoms with Crippen molar-refractivity contribution in [3.05, 3.63) is 53.8 Å². The Balaban J connectivity index is 1.35. The standard InChI is InChI=1S/C24H24N2O6/c1-3-30-18-10-11-20-19(13-18)15(2)23(32-20)24(29)31-14-21(27)25-16-6-8-17(9-7-16)26-12-4-5-22(26)28/h6-11,13H,3-5,12,14H2,1-2H3,(H,25,27). The van der Waals surface area contributed by atoms with Crippen LogP contribution in [0.4, 0.5) is 11.4 Å². The Morgan fingerprint density at radius 3 is 2.62 bits per heavy atom. The molecule has 1 saturated heterocycles. The van der Waals surface area contributed by atoms with Gasteiger partial charge in [0.1, 0.15) is 11.3 Å². The first kappa shape index (κ1) is 21.4. The van der Waals surface area contributed by atoms with Gasteiger partial charge in [0.25, 0.3) is 5.91 Å². The van der Waals surface area contributed by atoms with Crippen molar-refractivity contribution >= 4 is 40.1 Å². The predicted octanol–water partition coefficient (Wildman–Crippen LogP) is 4.06. The molecule has 166 valence electrons. The lowest BCUT2D eigenvalue weighted by molar-refractivity contribution is -0.119. The van der Waals surface area contributed by atoms with E-state index < -0.39 is 18.5 Å². The Morgan fingerprint density at radius 1 is 1.16 bits per heavy atom. The van der Waals surface area contributed by atoms with Gasteiger partial charge in [-0.1, -0.05) is 0 Å². The minimum atomic E-state index is -0.713. The summed E-state index contributed by atoms with van der Waals surface area (Å²) < 4.78 is 16.2. The first-order valence-electron chi connectivity index (χ1n) is 10.5. The lowest BCUT2D eigenvalue weighted by atomic mass is 10.1. The van der Waals surface area contributed by atoms with E-state index in [-0.39, 0.29) is 11.7 Å². The second-order valence-electron chi connectivity index (χ2n) is 7.47. The molecule has 0 spiro atoms. The van der Waals surface area contributed by atoms with Crippen molar-refractivity contribution in [3.8, 4) is 5.75 Å². The number of esters is 1. The number of anilines is 2. The number of rotatable bonds is 7. The molecule has 0 unspecified atom stereocenters. The summed E-state index contributed by atoms with van der Waals surface area (Å²) in [5.74, 6) is -0.349. The number of fused-ring (bicyclic) bond motifs is 1. The van der Waals surface area contributed by atoms with Gasteiger partial charge in [0.2, 0.25) is 11.7 Å². The van der Waals surface area contributed by atoms with Crippen LogP contribution >= 0.6 is 0 Å². The first-order valence-corrected chi connectivity index (χ1v) is 10.5. The molecule has 4 rings (SSSR count). The number of nitrogens with zero attached hydrogens (tertiary/aromatic N) is 1. The number of nitrogens with one attached hydrogen (secondary N) is 1. The molecule has 2 amide bonds. The fraction of sp³-hybridized carbons (Fsp3) is 0.292. The third-order valence-electron chi connectivity index (χ3n) is 5.27. The van der Waals surface area contributed by atoms with Gasteiger partial charge >= 0.3 is 5.97 Å². The largest absolute Gasteiger partial charge is 0.494 e. The minimum Gasteiger partial charge on any atom is -0.494 e. The van der Waals surface area contributed by atoms with Crippen molar-refractivity contribution in [2.24, 2.45) is 0 Å². The fourth-order valence-corrected chi connectivity index (χ4v) is 3.69. The summed E-state index contributed by atoms with van der Waals surface area (Å²) in [4.78, 5) is 38.2. The van der Waals surface area contributed by atoms with Gasteiger partial charge in [0, 0.05) is 35.3 Å². The zero-order chi connectivity index (χ0) is 22.7. The topological polar surface area (TPSA) is 98.1 Å². The van der Waals surface area contributed by atoms with Gasteiger partial charge in [0.05, 0.1) is 6.61 Å². The van der Waals surface area contributed by atoms with Gasteiger partial charge in [-0.25, -0.2) is 4.79 Å². The number of hydrogen-bond acceptors (Lipinski definition) is 6. The van der Waals surface area contributed by atoms with Gasteiger partial charge < -0.3 is 24.1 Å². The highest BCUT2D eigenvalue weighted by molar-refractivity contribution is 5.99. The van der Waals surface area contributed by atoms with Crippen LogP contribution in [-0.4, -0.2) is 37.5 Å². The number of ether oxygens (including phenoxy) is 2. The van der Waals surface area contributed by atoms with Crippen LogP contribution in [0.15, 0.2) is 46.9 Å². The summed E-state index contributed by atoms with van der Waals surface area (Å²) in [6.45, 7) is 4.43. The van der Waals surface area contributed by atoms with Crippen LogP contribution in [-0.2, 0) is 14.3 Å². The molecule has 0 saturated carbocycles. The van der Waals surface area contributed by atoms with Crippen LogP contribution in [0.2, 0.25) is 0 Å². The van der Waals surface area contributed by atoms with Crippen molar-refractivity contribution in [1.29, 1.82) is 0 Å². The van der Waals surface area contributed by atoms with Crippen molar-refractivity contribution in [2.45, 2.75) is 26.7 Å². The summed E-state index contributed by atoms with van der Waals surface area (Å²) in [5.41, 5.74) is 2.51. The fourth-order valence-electron chi connectivity index (χ4n) is 3.69. The van der Waals surface area contributed by atoms with E-state index in [0.717, 1.165) is 17.5 Å². The van der Waals surface area contributed by atoms with Crippen LogP contribution in [0.3, 0.4) is 0 Å². The summed E-state index contributed by atoms with van der Waals surface area (Å²) in [5, 5.41) is 3.43. The van der Waals surface area contributed by atoms with Crippen LogP contribution < -0.4 is 15.0 Å². The van der Waals surface area contributed by atoms with Crippen LogP contribution in [0.5, 0.6) is 5.75 Å². The van der Waals surface area contributed by atoms with Crippen molar-refractivity contribution in [3.63, 3.8) is 0 Å². The van der Waals surface area contributed by atoms with E-state index in [4.69, 9.17) is 13.9 Å². The van der Waals surface area contributed by atoms with Crippen molar-refractivity contribution in [2.75, 3.05) is 30.0 Å². The van der Waals surface area contributed by atoms with E-state index in [1.165, 1.54) is 0 Å². The molecule has 2 heterocycles. The van der Waals surface area contributed by atoms with Crippen LogP contribution in [0, 0.1) is 6.92 Å². The molecule has 1 aromatic heterocycles. The van der Waals surface area contributed by atoms with Crippen molar-refractivity contribution in [1.82, 2.24) is 0 Å². The summed E-state index contributed by atoms with van der Waals surface area (Å²) >= 11 is 0. The monoisotopic (exact) mass is 436 g/mol. The highest BCUT2D eigenvalue weighted by atomic mass is 16.5. The molecule has 3 aromatic rings. The van der Waals surface area contributed by atoms with Gasteiger partial charge in [0.15, 0.2) is 6.61 Å². The average Bonchev–Trinajstić information content (AvgIpc) is 3.36. The Kier molecular flexibility index (Phi) is 6.11. The molecular weight excluding hydrogens is 412 g/mol. The van der Waals surface area contributed by atoms with E-state index in [1.807, 2.05) is 6.92 Å². The van der Waals surface area contributed by atoms with E-state index in [9.17, 15) is 14.4 Å². The number of aryl methyl sites for hydroxylation is 1. The normalized spacial score (nSPS) is 13.4. The quantitative estimate of drug-likeness (QED) is 0.561. The Labute approximate surface area is 185 Å². The zero-order valence-corrected chi connectivity index (χ0v) is 18.0. The molecule has 32 heavy (non-hydrogen) atoms. The Morgan fingerprint density at radius 2 is 1.94 bits per heavy atom. The molecule has 0 atom stereocenters. The van der Waals surface area contributed by atoms with E-state index in [1.54, 1.807) is 54.3 Å². The molecule has 8 heteroatoms. The van der Waals surface area contributed by atoms with E-state index >= 15 is 0 Å². The van der Waals surface area contributed by atoms with E-state index in [0.29, 0.717) is 42.2 Å². The molecule has 0 aliphatic carbocycles. The molecule has 1 N–H and O–H groups in total. The Bertz CT molecular complexity index is 1170. The Hall–Kier alpha value is -3.81. The van der Waals surface area contributed by atoms with Crippen LogP contribution in [0.1, 0.15) is 35.9 Å². The number of carbonyl (C=O) groups excluding carboxylic acids is 3. The third-order valence-corrected chi connectivity index (χ3v) is 5.27. The smallest absolute Gasteiger partial charge is 0.375 e. The van der Waals surface area contributed by atoms with Gasteiger partial charge in [-0.15, -0.1) is 0 Å². The first-order chi connectivity index (χ1) is 15.5. The summed E-state index contributed by atoms with van der Waals surface area (Å²) in [6.07, 6.45) is 1.41. The maximum absolute atomic E-state index is 12.5. The molecule has 1 fully saturated rings. The molecule has 2 aromatic carbocycles. The van der Waals surface area contributed by atoms with E-state index in [2.05, 4.69) is 5.32 Å². The van der Waals surface area contributed by atoms with Gasteiger partial charge in [-0.05, 0) is 62.7 Å². The molecule has 1 aliphatic heterocycles. The van der Waals surface area contributed by atoms with Crippen LogP contribution in [0.25, 0.3) is 11.0 Å². The SMILES string of the molecule is CCOc1ccc2oc(C(=O)OCC(=O)Nc3ccc(N4CCCC4=O)cc3)c(C)c2c1. The molecule has 8 nitrogen and oxygen atoms in total. The minimum absolute atomic E-state index is 0.0566. The third kappa shape index (κ3) is 4.44. The highest BCUT2D eigenvalue weighted by Crippen LogP contribution is 2.29. The highest BCUT2D eigenvalue weighted by Gasteiger charge is 2.22. The average molecular weight is 436 g/mol. The summed E-state index contributed by atoms with van der Waals surface area (Å²) in [6, 6.07) is 12.3. The second-order valence-corrected chi connectivity index (χ2v) is 7.47. The maximum atomic E-state index is 12.5. The maximum Gasteiger partial charge on any atom is 0.375 e. The molecule has 1 aliphatic rings. The number of hydrogen-bond donors (Lipinski definition) is 1. The number of furan rings is 1. The summed E-state index contributed by atoms with van der Waals surface area (Å²) in [7, 11) is 0. The number of amides is 2. The van der Waals surface area contributed by atoms with Crippen molar-refractivity contribution < 1.29 is 28.3 Å². The number of benzene rings is 2. The lowest BCUT2D eigenvalue weighted by Crippen LogP contribution is -2.23. The molecular formula is C24H24N2O6. The lowest BCUT2D eigenvalue weighted by Gasteiger charge is -2.16. The second kappa shape index (κ2) is 9.13. The number of carbonyl (C=O) groups is 3. The predicted molar refractivity (Wildman–Crippen MR) is 119 cm³/mol. The zero-order valence-electron chi connectivity index (χ0n) is 18.0. The molecule has 0 bridgehead atoms. The van der Waals surface area contributed by atoms with Gasteiger partial charge in [-0.3, -0.25) is 9.59 Å².